The van der Waals surface area contributed by atoms with Gasteiger partial charge in [-0.3, -0.25) is 0 Å². The molecule has 78 valence electrons. The Balaban J connectivity index is 2.95. The SMILES string of the molecule is COc1cc(C)c(C)cc1CNCBr. The van der Waals surface area contributed by atoms with E-state index in [0.29, 0.717) is 0 Å². The molecule has 1 N–H and O–H groups in total. The molecule has 0 saturated heterocycles. The lowest BCUT2D eigenvalue weighted by Gasteiger charge is -2.11. The summed E-state index contributed by atoms with van der Waals surface area (Å²) in [5.74, 6) is 0.960. The first kappa shape index (κ1) is 11.5. The maximum atomic E-state index is 5.32. The van der Waals surface area contributed by atoms with Gasteiger partial charge in [-0.15, -0.1) is 0 Å². The number of alkyl halides is 1. The van der Waals surface area contributed by atoms with Crippen LogP contribution in [-0.4, -0.2) is 12.6 Å². The number of hydrogen-bond donors (Lipinski definition) is 1. The summed E-state index contributed by atoms with van der Waals surface area (Å²) < 4.78 is 5.32. The summed E-state index contributed by atoms with van der Waals surface area (Å²) in [5.41, 5.74) is 4.57. The van der Waals surface area contributed by atoms with Gasteiger partial charge in [-0.05, 0) is 31.0 Å². The Morgan fingerprint density at radius 1 is 1.29 bits per heavy atom. The highest BCUT2D eigenvalue weighted by molar-refractivity contribution is 9.09. The summed E-state index contributed by atoms with van der Waals surface area (Å²) in [5, 5.41) is 3.22. The molecule has 0 fully saturated rings. The molecular weight excluding hydrogens is 242 g/mol. The van der Waals surface area contributed by atoms with Crippen molar-refractivity contribution >= 4 is 15.9 Å². The van der Waals surface area contributed by atoms with Crippen molar-refractivity contribution in [3.05, 3.63) is 28.8 Å². The van der Waals surface area contributed by atoms with Crippen LogP contribution in [0, 0.1) is 13.8 Å². The molecule has 0 saturated carbocycles. The van der Waals surface area contributed by atoms with Crippen LogP contribution in [0.3, 0.4) is 0 Å². The second-order valence-electron chi connectivity index (χ2n) is 3.31. The summed E-state index contributed by atoms with van der Waals surface area (Å²) in [6.45, 7) is 5.04. The average Bonchev–Trinajstić information content (AvgIpc) is 2.19. The number of nitrogens with one attached hydrogen (secondary N) is 1. The molecule has 1 aromatic rings. The summed E-state index contributed by atoms with van der Waals surface area (Å²) >= 11 is 3.33. The summed E-state index contributed by atoms with van der Waals surface area (Å²) in [4.78, 5) is 0. The third-order valence-corrected chi connectivity index (χ3v) is 2.70. The van der Waals surface area contributed by atoms with Gasteiger partial charge in [0.15, 0.2) is 0 Å². The molecule has 0 aliphatic carbocycles. The van der Waals surface area contributed by atoms with Crippen molar-refractivity contribution in [3.63, 3.8) is 0 Å². The predicted molar refractivity (Wildman–Crippen MR) is 63.1 cm³/mol. The van der Waals surface area contributed by atoms with Gasteiger partial charge in [0, 0.05) is 12.1 Å². The second kappa shape index (κ2) is 5.37. The third-order valence-electron chi connectivity index (χ3n) is 2.31. The Bertz CT molecular complexity index is 312. The fraction of sp³-hybridized carbons (Fsp3) is 0.455. The van der Waals surface area contributed by atoms with E-state index in [4.69, 9.17) is 4.74 Å². The van der Waals surface area contributed by atoms with Gasteiger partial charge in [0.2, 0.25) is 0 Å². The van der Waals surface area contributed by atoms with E-state index in [9.17, 15) is 0 Å². The molecule has 0 spiro atoms. The molecule has 14 heavy (non-hydrogen) atoms. The van der Waals surface area contributed by atoms with Crippen molar-refractivity contribution in [1.29, 1.82) is 0 Å². The second-order valence-corrected chi connectivity index (χ2v) is 3.87. The fourth-order valence-electron chi connectivity index (χ4n) is 1.36. The molecule has 0 radical (unpaired) electrons. The van der Waals surface area contributed by atoms with E-state index in [1.165, 1.54) is 16.7 Å². The van der Waals surface area contributed by atoms with Gasteiger partial charge in [-0.1, -0.05) is 22.0 Å². The minimum Gasteiger partial charge on any atom is -0.496 e. The molecule has 0 atom stereocenters. The Hall–Kier alpha value is -0.540. The summed E-state index contributed by atoms with van der Waals surface area (Å²) in [6.07, 6.45) is 0. The number of methoxy groups -OCH3 is 1. The number of benzene rings is 1. The van der Waals surface area contributed by atoms with Crippen molar-refractivity contribution in [2.75, 3.05) is 12.6 Å². The van der Waals surface area contributed by atoms with E-state index in [0.717, 1.165) is 17.7 Å². The first-order chi connectivity index (χ1) is 6.69. The lowest BCUT2D eigenvalue weighted by molar-refractivity contribution is 0.408. The van der Waals surface area contributed by atoms with Crippen LogP contribution in [-0.2, 0) is 6.54 Å². The Labute approximate surface area is 93.8 Å². The number of ether oxygens (including phenoxy) is 1. The topological polar surface area (TPSA) is 21.3 Å². The van der Waals surface area contributed by atoms with Gasteiger partial charge in [0.05, 0.1) is 12.6 Å². The molecular formula is C11H16BrNO. The van der Waals surface area contributed by atoms with Gasteiger partial charge in [0.1, 0.15) is 5.75 Å². The first-order valence-electron chi connectivity index (χ1n) is 4.59. The van der Waals surface area contributed by atoms with Crippen LogP contribution in [0.25, 0.3) is 0 Å². The van der Waals surface area contributed by atoms with Gasteiger partial charge in [-0.25, -0.2) is 0 Å². The predicted octanol–water partition coefficient (Wildman–Crippen LogP) is 2.75. The van der Waals surface area contributed by atoms with Crippen LogP contribution >= 0.6 is 15.9 Å². The standard InChI is InChI=1S/C11H16BrNO/c1-8-4-10(6-13-7-12)11(14-3)5-9(8)2/h4-5,13H,6-7H2,1-3H3. The maximum absolute atomic E-state index is 5.32. The number of hydrogen-bond acceptors (Lipinski definition) is 2. The number of halogens is 1. The molecule has 0 bridgehead atoms. The van der Waals surface area contributed by atoms with Crippen molar-refractivity contribution in [2.24, 2.45) is 0 Å². The molecule has 0 aromatic heterocycles. The van der Waals surface area contributed by atoms with Crippen LogP contribution in [0.5, 0.6) is 5.75 Å². The number of aryl methyl sites for hydroxylation is 2. The van der Waals surface area contributed by atoms with E-state index in [1.807, 2.05) is 0 Å². The lowest BCUT2D eigenvalue weighted by atomic mass is 10.1. The molecule has 0 unspecified atom stereocenters. The van der Waals surface area contributed by atoms with Crippen molar-refractivity contribution < 1.29 is 4.74 Å². The summed E-state index contributed by atoms with van der Waals surface area (Å²) in [7, 11) is 1.71. The first-order valence-corrected chi connectivity index (χ1v) is 5.72. The lowest BCUT2D eigenvalue weighted by Crippen LogP contribution is -2.11. The zero-order chi connectivity index (χ0) is 10.6. The Kier molecular flexibility index (Phi) is 4.42. The summed E-state index contributed by atoms with van der Waals surface area (Å²) in [6, 6.07) is 4.25. The average molecular weight is 258 g/mol. The molecule has 1 aromatic carbocycles. The van der Waals surface area contributed by atoms with Crippen LogP contribution in [0.15, 0.2) is 12.1 Å². The maximum Gasteiger partial charge on any atom is 0.123 e. The molecule has 2 nitrogen and oxygen atoms in total. The van der Waals surface area contributed by atoms with Crippen molar-refractivity contribution in [3.8, 4) is 5.75 Å². The molecule has 0 amide bonds. The monoisotopic (exact) mass is 257 g/mol. The van der Waals surface area contributed by atoms with E-state index in [-0.39, 0.29) is 0 Å². The largest absolute Gasteiger partial charge is 0.496 e. The van der Waals surface area contributed by atoms with Gasteiger partial charge in [-0.2, -0.15) is 0 Å². The normalized spacial score (nSPS) is 10.3. The smallest absolute Gasteiger partial charge is 0.123 e. The Morgan fingerprint density at radius 2 is 1.93 bits per heavy atom. The van der Waals surface area contributed by atoms with Gasteiger partial charge < -0.3 is 10.1 Å². The molecule has 0 heterocycles. The number of rotatable bonds is 4. The van der Waals surface area contributed by atoms with Crippen LogP contribution in [0.2, 0.25) is 0 Å². The van der Waals surface area contributed by atoms with Crippen LogP contribution in [0.4, 0.5) is 0 Å². The van der Waals surface area contributed by atoms with Gasteiger partial charge >= 0.3 is 0 Å². The van der Waals surface area contributed by atoms with E-state index in [2.05, 4.69) is 47.2 Å². The zero-order valence-corrected chi connectivity index (χ0v) is 10.4. The zero-order valence-electron chi connectivity index (χ0n) is 8.86. The highest BCUT2D eigenvalue weighted by Crippen LogP contribution is 2.22. The molecule has 0 aliphatic rings. The molecule has 1 rings (SSSR count). The van der Waals surface area contributed by atoms with E-state index < -0.39 is 0 Å². The van der Waals surface area contributed by atoms with Crippen molar-refractivity contribution in [2.45, 2.75) is 20.4 Å². The van der Waals surface area contributed by atoms with E-state index in [1.54, 1.807) is 7.11 Å². The van der Waals surface area contributed by atoms with Crippen molar-refractivity contribution in [1.82, 2.24) is 5.32 Å². The minimum absolute atomic E-state index is 0.795. The van der Waals surface area contributed by atoms with E-state index >= 15 is 0 Å². The molecule has 0 aliphatic heterocycles. The van der Waals surface area contributed by atoms with Crippen LogP contribution in [0.1, 0.15) is 16.7 Å². The minimum atomic E-state index is 0.795. The van der Waals surface area contributed by atoms with Gasteiger partial charge in [0.25, 0.3) is 0 Å². The fourth-order valence-corrected chi connectivity index (χ4v) is 1.56. The quantitative estimate of drug-likeness (QED) is 0.662. The molecule has 3 heteroatoms. The van der Waals surface area contributed by atoms with Crippen LogP contribution < -0.4 is 10.1 Å². The Morgan fingerprint density at radius 3 is 2.50 bits per heavy atom. The third kappa shape index (κ3) is 2.72. The highest BCUT2D eigenvalue weighted by atomic mass is 79.9. The highest BCUT2D eigenvalue weighted by Gasteiger charge is 2.04.